The Morgan fingerprint density at radius 1 is 1.17 bits per heavy atom. The number of benzene rings is 1. The summed E-state index contributed by atoms with van der Waals surface area (Å²) in [5.41, 5.74) is 2.68. The molecule has 2 N–H and O–H groups in total. The van der Waals surface area contributed by atoms with E-state index >= 15 is 0 Å². The van der Waals surface area contributed by atoms with Gasteiger partial charge in [-0.25, -0.2) is 9.37 Å². The van der Waals surface area contributed by atoms with Gasteiger partial charge in [-0.3, -0.25) is 19.3 Å². The fraction of sp³-hybridized carbons (Fsp3) is 0.407. The zero-order valence-corrected chi connectivity index (χ0v) is 21.5. The molecule has 3 aromatic rings. The van der Waals surface area contributed by atoms with E-state index in [2.05, 4.69) is 34.0 Å². The standard InChI is InChI=1S/C24H25FN4O3.C3H9N/c1-14-11-29(15(2)10-28(14)12-17-4-6-18(25)7-5-17)24(32)19-8-20-21(22(31)13-30)9-26-23(20)27-16(19)3;1-3-4-2/h4-9,13-15H,10-12H2,1-3H3,(H,26,27);4H,3H2,1-2H3/t14-,15?;/m0./s1. The molecule has 9 heteroatoms. The molecule has 8 nitrogen and oxygen atoms in total. The summed E-state index contributed by atoms with van der Waals surface area (Å²) in [7, 11) is 1.93. The zero-order chi connectivity index (χ0) is 26.4. The first kappa shape index (κ1) is 27.2. The van der Waals surface area contributed by atoms with Crippen LogP contribution in [-0.4, -0.2) is 76.5 Å². The first-order chi connectivity index (χ1) is 17.2. The fourth-order valence-corrected chi connectivity index (χ4v) is 4.30. The van der Waals surface area contributed by atoms with Crippen LogP contribution in [0.5, 0.6) is 0 Å². The lowest BCUT2D eigenvalue weighted by Crippen LogP contribution is -2.57. The van der Waals surface area contributed by atoms with E-state index < -0.39 is 5.78 Å². The molecule has 0 aliphatic carbocycles. The van der Waals surface area contributed by atoms with Crippen LogP contribution in [0.25, 0.3) is 11.0 Å². The van der Waals surface area contributed by atoms with Crippen molar-refractivity contribution in [1.29, 1.82) is 0 Å². The number of aromatic amines is 1. The third kappa shape index (κ3) is 6.03. The first-order valence-electron chi connectivity index (χ1n) is 12.1. The number of pyridine rings is 1. The van der Waals surface area contributed by atoms with Gasteiger partial charge in [0.1, 0.15) is 11.5 Å². The molecule has 192 valence electrons. The Hall–Kier alpha value is -3.43. The van der Waals surface area contributed by atoms with Crippen molar-refractivity contribution in [2.24, 2.45) is 0 Å². The minimum Gasteiger partial charge on any atom is -0.345 e. The highest BCUT2D eigenvalue weighted by Crippen LogP contribution is 2.25. The van der Waals surface area contributed by atoms with E-state index in [1.54, 1.807) is 25.1 Å². The predicted octanol–water partition coefficient (Wildman–Crippen LogP) is 3.35. The number of halogens is 1. The van der Waals surface area contributed by atoms with Crippen LogP contribution in [0.4, 0.5) is 4.39 Å². The molecule has 0 bridgehead atoms. The smallest absolute Gasteiger partial charge is 0.256 e. The highest BCUT2D eigenvalue weighted by Gasteiger charge is 2.33. The van der Waals surface area contributed by atoms with Crippen molar-refractivity contribution >= 4 is 29.0 Å². The summed E-state index contributed by atoms with van der Waals surface area (Å²) < 4.78 is 13.2. The van der Waals surface area contributed by atoms with Gasteiger partial charge < -0.3 is 15.2 Å². The van der Waals surface area contributed by atoms with Gasteiger partial charge in [-0.2, -0.15) is 0 Å². The van der Waals surface area contributed by atoms with E-state index in [1.165, 1.54) is 18.3 Å². The summed E-state index contributed by atoms with van der Waals surface area (Å²) in [5, 5.41) is 3.40. The highest BCUT2D eigenvalue weighted by molar-refractivity contribution is 6.36. The lowest BCUT2D eigenvalue weighted by atomic mass is 10.0. The SMILES string of the molecule is CCNC.Cc1nc2[nH]cc(C(=O)C=O)c2cc1C(=O)N1C[C@H](C)N(Cc2ccc(F)cc2)CC1C. The van der Waals surface area contributed by atoms with Crippen LogP contribution in [0.2, 0.25) is 0 Å². The summed E-state index contributed by atoms with van der Waals surface area (Å²) in [6, 6.07) is 8.19. The summed E-state index contributed by atoms with van der Waals surface area (Å²) in [4.78, 5) is 47.8. The Morgan fingerprint density at radius 2 is 1.83 bits per heavy atom. The number of ketones is 1. The van der Waals surface area contributed by atoms with Crippen LogP contribution in [0.1, 0.15) is 52.7 Å². The third-order valence-corrected chi connectivity index (χ3v) is 6.49. The molecule has 36 heavy (non-hydrogen) atoms. The Kier molecular flexibility index (Phi) is 9.06. The topological polar surface area (TPSA) is 98.4 Å². The fourth-order valence-electron chi connectivity index (χ4n) is 4.30. The van der Waals surface area contributed by atoms with E-state index in [0.717, 1.165) is 12.1 Å². The van der Waals surface area contributed by atoms with Crippen molar-refractivity contribution in [3.05, 3.63) is 64.7 Å². The number of aromatic nitrogens is 2. The maximum atomic E-state index is 13.5. The number of fused-ring (bicyclic) bond motifs is 1. The van der Waals surface area contributed by atoms with Crippen molar-refractivity contribution in [1.82, 2.24) is 25.1 Å². The molecule has 0 radical (unpaired) electrons. The number of nitrogens with one attached hydrogen (secondary N) is 2. The zero-order valence-electron chi connectivity index (χ0n) is 21.5. The number of piperazine rings is 1. The molecule has 1 amide bonds. The minimum atomic E-state index is -0.656. The van der Waals surface area contributed by atoms with Gasteiger partial charge >= 0.3 is 0 Å². The number of H-pyrrole nitrogens is 1. The average Bonchev–Trinajstić information content (AvgIpc) is 3.28. The number of amides is 1. The number of hydrogen-bond donors (Lipinski definition) is 2. The van der Waals surface area contributed by atoms with E-state index in [4.69, 9.17) is 0 Å². The molecule has 3 heterocycles. The van der Waals surface area contributed by atoms with Crippen LogP contribution in [0, 0.1) is 12.7 Å². The minimum absolute atomic E-state index is 0.0449. The Bertz CT molecular complexity index is 1220. The number of aldehydes is 1. The van der Waals surface area contributed by atoms with E-state index in [9.17, 15) is 18.8 Å². The van der Waals surface area contributed by atoms with Crippen molar-refractivity contribution in [3.8, 4) is 0 Å². The maximum Gasteiger partial charge on any atom is 0.256 e. The Labute approximate surface area is 210 Å². The number of carbonyl (C=O) groups excluding carboxylic acids is 3. The molecule has 1 unspecified atom stereocenters. The molecule has 1 saturated heterocycles. The second-order valence-corrected chi connectivity index (χ2v) is 9.12. The maximum absolute atomic E-state index is 13.5. The first-order valence-corrected chi connectivity index (χ1v) is 12.1. The number of carbonyl (C=O) groups is 3. The average molecular weight is 496 g/mol. The van der Waals surface area contributed by atoms with Gasteiger partial charge in [-0.15, -0.1) is 0 Å². The monoisotopic (exact) mass is 495 g/mol. The van der Waals surface area contributed by atoms with Crippen LogP contribution >= 0.6 is 0 Å². The normalized spacial score (nSPS) is 18.0. The molecule has 1 aliphatic heterocycles. The number of Topliss-reactive ketones (excluding diaryl/α,β-unsaturated/α-hetero) is 1. The quantitative estimate of drug-likeness (QED) is 0.309. The Balaban J connectivity index is 0.000000840. The predicted molar refractivity (Wildman–Crippen MR) is 138 cm³/mol. The highest BCUT2D eigenvalue weighted by atomic mass is 19.1. The summed E-state index contributed by atoms with van der Waals surface area (Å²) >= 11 is 0. The van der Waals surface area contributed by atoms with Gasteiger partial charge in [0.2, 0.25) is 5.78 Å². The molecule has 1 fully saturated rings. The molecule has 0 spiro atoms. The van der Waals surface area contributed by atoms with Crippen LogP contribution in [0.15, 0.2) is 36.5 Å². The van der Waals surface area contributed by atoms with Crippen LogP contribution in [0.3, 0.4) is 0 Å². The summed E-state index contributed by atoms with van der Waals surface area (Å²) in [6.45, 7) is 10.9. The van der Waals surface area contributed by atoms with Crippen LogP contribution < -0.4 is 5.32 Å². The molecule has 4 rings (SSSR count). The number of hydrogen-bond acceptors (Lipinski definition) is 6. The number of nitrogens with zero attached hydrogens (tertiary/aromatic N) is 3. The lowest BCUT2D eigenvalue weighted by molar-refractivity contribution is -0.104. The van der Waals surface area contributed by atoms with Gasteiger partial charge in [0.15, 0.2) is 6.29 Å². The lowest BCUT2D eigenvalue weighted by Gasteiger charge is -2.44. The van der Waals surface area contributed by atoms with Crippen molar-refractivity contribution in [2.75, 3.05) is 26.7 Å². The molecular formula is C27H34FN5O3. The number of aryl methyl sites for hydroxylation is 1. The molecule has 2 atom stereocenters. The molecule has 1 aliphatic rings. The van der Waals surface area contributed by atoms with Crippen molar-refractivity contribution in [2.45, 2.75) is 46.3 Å². The Morgan fingerprint density at radius 3 is 2.44 bits per heavy atom. The van der Waals surface area contributed by atoms with E-state index in [1.807, 2.05) is 18.9 Å². The molecular weight excluding hydrogens is 461 g/mol. The molecule has 2 aromatic heterocycles. The molecule has 0 saturated carbocycles. The third-order valence-electron chi connectivity index (χ3n) is 6.49. The molecule has 1 aromatic carbocycles. The van der Waals surface area contributed by atoms with Gasteiger partial charge in [0.25, 0.3) is 5.91 Å². The van der Waals surface area contributed by atoms with Crippen LogP contribution in [-0.2, 0) is 11.3 Å². The number of rotatable bonds is 6. The van der Waals surface area contributed by atoms with Gasteiger partial charge in [0.05, 0.1) is 16.8 Å². The second-order valence-electron chi connectivity index (χ2n) is 9.12. The van der Waals surface area contributed by atoms with Gasteiger partial charge in [0, 0.05) is 43.3 Å². The van der Waals surface area contributed by atoms with Crippen molar-refractivity contribution < 1.29 is 18.8 Å². The van der Waals surface area contributed by atoms with E-state index in [-0.39, 0.29) is 35.7 Å². The van der Waals surface area contributed by atoms with E-state index in [0.29, 0.717) is 41.9 Å². The second kappa shape index (κ2) is 12.0. The van der Waals surface area contributed by atoms with Crippen molar-refractivity contribution in [3.63, 3.8) is 0 Å². The van der Waals surface area contributed by atoms with Gasteiger partial charge in [-0.05, 0) is 58.1 Å². The summed E-state index contributed by atoms with van der Waals surface area (Å²) in [5.74, 6) is -1.06. The van der Waals surface area contributed by atoms with Gasteiger partial charge in [-0.1, -0.05) is 19.1 Å². The summed E-state index contributed by atoms with van der Waals surface area (Å²) in [6.07, 6.45) is 1.70. The largest absolute Gasteiger partial charge is 0.345 e.